The molecule has 200 valence electrons. The van der Waals surface area contributed by atoms with Gasteiger partial charge in [0.1, 0.15) is 17.1 Å². The molecule has 0 bridgehead atoms. The van der Waals surface area contributed by atoms with Gasteiger partial charge in [-0.25, -0.2) is 9.37 Å². The normalized spacial score (nSPS) is 14.3. The molecule has 5 rings (SSSR count). The van der Waals surface area contributed by atoms with E-state index in [0.717, 1.165) is 23.9 Å². The van der Waals surface area contributed by atoms with Crippen molar-refractivity contribution in [2.75, 3.05) is 42.9 Å². The van der Waals surface area contributed by atoms with Crippen molar-refractivity contribution >= 4 is 63.4 Å². The molecular weight excluding hydrogens is 532 g/mol. The zero-order chi connectivity index (χ0) is 26.1. The summed E-state index contributed by atoms with van der Waals surface area (Å²) in [6.07, 6.45) is 0.430. The van der Waals surface area contributed by atoms with Crippen LogP contribution in [0.4, 0.5) is 16.2 Å². The zero-order valence-electron chi connectivity index (χ0n) is 20.7. The third-order valence-corrected chi connectivity index (χ3v) is 7.04. The Morgan fingerprint density at radius 1 is 1.18 bits per heavy atom. The fourth-order valence-electron chi connectivity index (χ4n) is 4.75. The monoisotopic (exact) mass is 559 g/mol. The summed E-state index contributed by atoms with van der Waals surface area (Å²) in [5, 5.41) is 28.2. The van der Waals surface area contributed by atoms with Crippen LogP contribution in [0.3, 0.4) is 0 Å². The summed E-state index contributed by atoms with van der Waals surface area (Å²) in [4.78, 5) is 22.7. The van der Waals surface area contributed by atoms with Gasteiger partial charge in [-0.3, -0.25) is 4.79 Å². The van der Waals surface area contributed by atoms with Crippen LogP contribution in [0.25, 0.3) is 32.8 Å². The van der Waals surface area contributed by atoms with Gasteiger partial charge < -0.3 is 25.7 Å². The Kier molecular flexibility index (Phi) is 8.40. The van der Waals surface area contributed by atoms with Crippen molar-refractivity contribution in [1.82, 2.24) is 15.3 Å². The SMILES string of the molecule is CCC(CNc1nc(N2CCNCC2)c2cc(Cl)c(-c3cc(O)cc4ccccc34)c(F)c2n1)C(=O)O.Cl. The predicted octanol–water partition coefficient (Wildman–Crippen LogP) is 5.30. The van der Waals surface area contributed by atoms with Gasteiger partial charge in [-0.05, 0) is 41.0 Å². The number of rotatable bonds is 7. The van der Waals surface area contributed by atoms with Crippen LogP contribution in [0, 0.1) is 11.7 Å². The lowest BCUT2D eigenvalue weighted by Crippen LogP contribution is -2.44. The number of hydrogen-bond donors (Lipinski definition) is 4. The lowest BCUT2D eigenvalue weighted by molar-refractivity contribution is -0.141. The largest absolute Gasteiger partial charge is 0.508 e. The summed E-state index contributed by atoms with van der Waals surface area (Å²) in [5.41, 5.74) is 0.657. The van der Waals surface area contributed by atoms with Crippen LogP contribution in [0.1, 0.15) is 13.3 Å². The van der Waals surface area contributed by atoms with Crippen LogP contribution < -0.4 is 15.5 Å². The summed E-state index contributed by atoms with van der Waals surface area (Å²) >= 11 is 6.71. The average Bonchev–Trinajstić information content (AvgIpc) is 2.89. The smallest absolute Gasteiger partial charge is 0.308 e. The number of carboxylic acids is 1. The van der Waals surface area contributed by atoms with Gasteiger partial charge in [-0.2, -0.15) is 4.98 Å². The molecule has 0 radical (unpaired) electrons. The number of aliphatic carboxylic acids is 1. The second kappa shape index (κ2) is 11.6. The highest BCUT2D eigenvalue weighted by molar-refractivity contribution is 6.35. The Morgan fingerprint density at radius 3 is 2.63 bits per heavy atom. The number of benzene rings is 3. The van der Waals surface area contributed by atoms with E-state index in [1.54, 1.807) is 19.1 Å². The first-order valence-corrected chi connectivity index (χ1v) is 12.6. The molecule has 0 spiro atoms. The van der Waals surface area contributed by atoms with E-state index in [1.165, 1.54) is 6.07 Å². The van der Waals surface area contributed by atoms with E-state index < -0.39 is 17.7 Å². The molecule has 4 N–H and O–H groups in total. The number of fused-ring (bicyclic) bond motifs is 2. The van der Waals surface area contributed by atoms with Crippen molar-refractivity contribution in [3.05, 3.63) is 53.3 Å². The fourth-order valence-corrected chi connectivity index (χ4v) is 5.04. The Morgan fingerprint density at radius 2 is 1.92 bits per heavy atom. The first kappa shape index (κ1) is 27.6. The average molecular weight is 560 g/mol. The summed E-state index contributed by atoms with van der Waals surface area (Å²) < 4.78 is 16.4. The minimum absolute atomic E-state index is 0. The minimum atomic E-state index is -0.922. The molecule has 1 fully saturated rings. The van der Waals surface area contributed by atoms with Crippen LogP contribution in [-0.2, 0) is 4.79 Å². The maximum atomic E-state index is 16.4. The number of halogens is 3. The fraction of sp³-hybridized carbons (Fsp3) is 0.296. The molecule has 8 nitrogen and oxygen atoms in total. The molecule has 1 atom stereocenters. The number of aromatic nitrogens is 2. The molecule has 2 heterocycles. The molecule has 1 unspecified atom stereocenters. The lowest BCUT2D eigenvalue weighted by atomic mass is 9.96. The van der Waals surface area contributed by atoms with Gasteiger partial charge in [0.2, 0.25) is 5.95 Å². The van der Waals surface area contributed by atoms with Crippen LogP contribution in [0.5, 0.6) is 5.75 Å². The van der Waals surface area contributed by atoms with E-state index in [0.29, 0.717) is 36.3 Å². The topological polar surface area (TPSA) is 111 Å². The van der Waals surface area contributed by atoms with Crippen molar-refractivity contribution in [1.29, 1.82) is 0 Å². The third kappa shape index (κ3) is 5.27. The predicted molar refractivity (Wildman–Crippen MR) is 151 cm³/mol. The molecular formula is C27H28Cl2FN5O3. The van der Waals surface area contributed by atoms with E-state index in [1.807, 2.05) is 29.2 Å². The number of carbonyl (C=O) groups is 1. The molecule has 0 amide bonds. The van der Waals surface area contributed by atoms with Crippen molar-refractivity contribution in [3.63, 3.8) is 0 Å². The van der Waals surface area contributed by atoms with Gasteiger partial charge in [0.05, 0.1) is 10.9 Å². The van der Waals surface area contributed by atoms with Crippen molar-refractivity contribution in [2.45, 2.75) is 13.3 Å². The maximum Gasteiger partial charge on any atom is 0.308 e. The molecule has 11 heteroatoms. The Labute approximate surface area is 230 Å². The highest BCUT2D eigenvalue weighted by Crippen LogP contribution is 2.42. The molecule has 3 aromatic carbocycles. The standard InChI is InChI=1S/C27H27ClFN5O3.ClH/c1-2-15(26(36)37)14-31-27-32-24-20(25(33-27)34-9-7-30-8-10-34)13-21(28)22(23(24)29)19-12-17(35)11-16-5-3-4-6-18(16)19;/h3-6,11-13,15,30,35H,2,7-10,14H2,1H3,(H,36,37)(H,31,32,33);1H. The van der Waals surface area contributed by atoms with Gasteiger partial charge in [-0.15, -0.1) is 12.4 Å². The maximum absolute atomic E-state index is 16.4. The quantitative estimate of drug-likeness (QED) is 0.241. The lowest BCUT2D eigenvalue weighted by Gasteiger charge is -2.30. The Bertz CT molecular complexity index is 1500. The number of anilines is 2. The second-order valence-corrected chi connectivity index (χ2v) is 9.50. The van der Waals surface area contributed by atoms with Gasteiger partial charge >= 0.3 is 5.97 Å². The van der Waals surface area contributed by atoms with Crippen LogP contribution >= 0.6 is 24.0 Å². The van der Waals surface area contributed by atoms with E-state index >= 15 is 4.39 Å². The van der Waals surface area contributed by atoms with Gasteiger partial charge in [0.15, 0.2) is 5.82 Å². The number of phenols is 1. The summed E-state index contributed by atoms with van der Waals surface area (Å²) in [5.74, 6) is -1.51. The second-order valence-electron chi connectivity index (χ2n) is 9.09. The van der Waals surface area contributed by atoms with Gasteiger partial charge in [-0.1, -0.05) is 42.8 Å². The molecule has 1 aliphatic rings. The Hall–Kier alpha value is -3.40. The summed E-state index contributed by atoms with van der Waals surface area (Å²) in [6, 6.07) is 12.1. The number of carboxylic acid groups (broad SMARTS) is 1. The van der Waals surface area contributed by atoms with Crippen LogP contribution in [0.2, 0.25) is 5.02 Å². The van der Waals surface area contributed by atoms with Gasteiger partial charge in [0, 0.05) is 43.7 Å². The highest BCUT2D eigenvalue weighted by Gasteiger charge is 2.24. The zero-order valence-corrected chi connectivity index (χ0v) is 22.2. The number of aromatic hydroxyl groups is 1. The number of phenolic OH excluding ortho intramolecular Hbond substituents is 1. The number of hydrogen-bond acceptors (Lipinski definition) is 7. The number of nitrogens with one attached hydrogen (secondary N) is 2. The molecule has 4 aromatic rings. The van der Waals surface area contributed by atoms with Crippen LogP contribution in [-0.4, -0.2) is 58.9 Å². The van der Waals surface area contributed by atoms with E-state index in [2.05, 4.69) is 20.6 Å². The summed E-state index contributed by atoms with van der Waals surface area (Å²) in [7, 11) is 0. The highest BCUT2D eigenvalue weighted by atomic mass is 35.5. The third-order valence-electron chi connectivity index (χ3n) is 6.74. The summed E-state index contributed by atoms with van der Waals surface area (Å²) in [6.45, 7) is 4.72. The molecule has 1 aliphatic heterocycles. The Balaban J connectivity index is 0.00000336. The number of nitrogens with zero attached hydrogens (tertiary/aromatic N) is 3. The van der Waals surface area contributed by atoms with Crippen molar-refractivity contribution in [2.24, 2.45) is 5.92 Å². The van der Waals surface area contributed by atoms with Crippen molar-refractivity contribution < 1.29 is 19.4 Å². The van der Waals surface area contributed by atoms with E-state index in [9.17, 15) is 15.0 Å². The molecule has 0 saturated carbocycles. The van der Waals surface area contributed by atoms with Crippen LogP contribution in [0.15, 0.2) is 42.5 Å². The first-order chi connectivity index (χ1) is 17.9. The minimum Gasteiger partial charge on any atom is -0.508 e. The molecule has 1 saturated heterocycles. The number of piperazine rings is 1. The van der Waals surface area contributed by atoms with Crippen molar-refractivity contribution in [3.8, 4) is 16.9 Å². The van der Waals surface area contributed by atoms with Gasteiger partial charge in [0.25, 0.3) is 0 Å². The molecule has 38 heavy (non-hydrogen) atoms. The van der Waals surface area contributed by atoms with E-state index in [-0.39, 0.29) is 46.8 Å². The van der Waals surface area contributed by atoms with E-state index in [4.69, 9.17) is 11.6 Å². The first-order valence-electron chi connectivity index (χ1n) is 12.2. The molecule has 1 aromatic heterocycles. The molecule has 0 aliphatic carbocycles.